The van der Waals surface area contributed by atoms with Crippen molar-refractivity contribution in [3.05, 3.63) is 74.6 Å². The Morgan fingerprint density at radius 2 is 1.62 bits per heavy atom. The molecule has 0 fully saturated rings. The topological polar surface area (TPSA) is 29.5 Å². The summed E-state index contributed by atoms with van der Waals surface area (Å²) in [4.78, 5) is 17.5. The Hall–Kier alpha value is -2.11. The van der Waals surface area contributed by atoms with Crippen molar-refractivity contribution in [3.63, 3.8) is 0 Å². The molecule has 3 nitrogen and oxygen atoms in total. The highest BCUT2D eigenvalue weighted by molar-refractivity contribution is 7.10. The molecule has 3 aromatic rings. The second kappa shape index (κ2) is 9.01. The first-order valence-electron chi connectivity index (χ1n) is 8.63. The molecule has 1 aromatic carbocycles. The smallest absolute Gasteiger partial charge is 0.223 e. The van der Waals surface area contributed by atoms with Gasteiger partial charge in [-0.1, -0.05) is 37.3 Å². The van der Waals surface area contributed by atoms with Gasteiger partial charge in [-0.25, -0.2) is 0 Å². The lowest BCUT2D eigenvalue weighted by Gasteiger charge is -2.24. The zero-order chi connectivity index (χ0) is 18.4. The molecule has 1 unspecified atom stereocenters. The van der Waals surface area contributed by atoms with Crippen molar-refractivity contribution in [3.8, 4) is 5.75 Å². The van der Waals surface area contributed by atoms with E-state index in [1.165, 1.54) is 9.75 Å². The lowest BCUT2D eigenvalue weighted by atomic mass is 9.96. The van der Waals surface area contributed by atoms with Crippen LogP contribution in [-0.4, -0.2) is 17.9 Å². The monoisotopic (exact) mass is 385 g/mol. The maximum Gasteiger partial charge on any atom is 0.223 e. The molecule has 5 heteroatoms. The van der Waals surface area contributed by atoms with E-state index in [2.05, 4.69) is 29.8 Å². The van der Waals surface area contributed by atoms with Crippen LogP contribution in [0.15, 0.2) is 59.3 Å². The highest BCUT2D eigenvalue weighted by Crippen LogP contribution is 2.29. The van der Waals surface area contributed by atoms with E-state index in [-0.39, 0.29) is 11.8 Å². The van der Waals surface area contributed by atoms with Crippen molar-refractivity contribution >= 4 is 28.6 Å². The molecule has 136 valence electrons. The molecule has 0 spiro atoms. The summed E-state index contributed by atoms with van der Waals surface area (Å²) in [6.07, 6.45) is 0.469. The van der Waals surface area contributed by atoms with E-state index in [9.17, 15) is 4.79 Å². The first kappa shape index (κ1) is 18.7. The van der Waals surface area contributed by atoms with Crippen molar-refractivity contribution in [2.75, 3.05) is 7.11 Å². The fraction of sp³-hybridized carbons (Fsp3) is 0.286. The van der Waals surface area contributed by atoms with Gasteiger partial charge in [-0.05, 0) is 40.4 Å². The van der Waals surface area contributed by atoms with Gasteiger partial charge in [-0.2, -0.15) is 0 Å². The summed E-state index contributed by atoms with van der Waals surface area (Å²) in [6, 6.07) is 16.2. The Kier molecular flexibility index (Phi) is 6.47. The highest BCUT2D eigenvalue weighted by Gasteiger charge is 2.21. The zero-order valence-electron chi connectivity index (χ0n) is 15.1. The van der Waals surface area contributed by atoms with Crippen LogP contribution in [0.4, 0.5) is 0 Å². The SMILES string of the molecule is COc1ccccc1C(C)CC(=O)N(Cc1cccs1)Cc1cccs1. The van der Waals surface area contributed by atoms with Gasteiger partial charge in [0.15, 0.2) is 0 Å². The summed E-state index contributed by atoms with van der Waals surface area (Å²) < 4.78 is 5.46. The van der Waals surface area contributed by atoms with Crippen molar-refractivity contribution in [2.24, 2.45) is 0 Å². The number of carbonyl (C=O) groups excluding carboxylic acids is 1. The molecule has 0 N–H and O–H groups in total. The van der Waals surface area contributed by atoms with E-state index < -0.39 is 0 Å². The highest BCUT2D eigenvalue weighted by atomic mass is 32.1. The Morgan fingerprint density at radius 3 is 2.15 bits per heavy atom. The minimum absolute atomic E-state index is 0.104. The molecule has 0 saturated carbocycles. The second-order valence-corrected chi connectivity index (χ2v) is 8.32. The molecular weight excluding hydrogens is 362 g/mol. The average Bonchev–Trinajstić information content (AvgIpc) is 3.35. The normalized spacial score (nSPS) is 11.9. The minimum atomic E-state index is 0.104. The zero-order valence-corrected chi connectivity index (χ0v) is 16.7. The Balaban J connectivity index is 1.73. The number of hydrogen-bond donors (Lipinski definition) is 0. The van der Waals surface area contributed by atoms with Gasteiger partial charge in [-0.3, -0.25) is 4.79 Å². The van der Waals surface area contributed by atoms with Crippen LogP contribution in [0.5, 0.6) is 5.75 Å². The summed E-state index contributed by atoms with van der Waals surface area (Å²) in [5, 5.41) is 4.11. The number of nitrogens with zero attached hydrogens (tertiary/aromatic N) is 1. The van der Waals surface area contributed by atoms with E-state index in [4.69, 9.17) is 4.74 Å². The fourth-order valence-corrected chi connectivity index (χ4v) is 4.43. The van der Waals surface area contributed by atoms with E-state index in [1.807, 2.05) is 41.3 Å². The van der Waals surface area contributed by atoms with Crippen LogP contribution in [0.3, 0.4) is 0 Å². The standard InChI is InChI=1S/C21H23NO2S2/c1-16(19-9-3-4-10-20(19)24-2)13-21(23)22(14-17-7-5-11-25-17)15-18-8-6-12-26-18/h3-12,16H,13-15H2,1-2H3. The van der Waals surface area contributed by atoms with Gasteiger partial charge < -0.3 is 9.64 Å². The van der Waals surface area contributed by atoms with Gasteiger partial charge in [0.1, 0.15) is 5.75 Å². The van der Waals surface area contributed by atoms with E-state index >= 15 is 0 Å². The van der Waals surface area contributed by atoms with Crippen LogP contribution >= 0.6 is 22.7 Å². The summed E-state index contributed by atoms with van der Waals surface area (Å²) in [7, 11) is 1.67. The van der Waals surface area contributed by atoms with Crippen LogP contribution in [-0.2, 0) is 17.9 Å². The number of carbonyl (C=O) groups is 1. The molecule has 0 aliphatic carbocycles. The van der Waals surface area contributed by atoms with Gasteiger partial charge in [0, 0.05) is 16.2 Å². The third-order valence-electron chi connectivity index (χ3n) is 4.36. The molecule has 0 radical (unpaired) electrons. The molecule has 0 aliphatic rings. The number of methoxy groups -OCH3 is 1. The molecule has 3 rings (SSSR count). The number of para-hydroxylation sites is 1. The molecule has 0 saturated heterocycles. The maximum atomic E-state index is 13.1. The first-order chi connectivity index (χ1) is 12.7. The Bertz CT molecular complexity index is 776. The minimum Gasteiger partial charge on any atom is -0.496 e. The van der Waals surface area contributed by atoms with Crippen LogP contribution in [0, 0.1) is 0 Å². The molecule has 1 atom stereocenters. The van der Waals surface area contributed by atoms with E-state index in [0.717, 1.165) is 11.3 Å². The molecule has 0 aliphatic heterocycles. The number of thiophene rings is 2. The number of benzene rings is 1. The predicted octanol–water partition coefficient (Wildman–Crippen LogP) is 5.54. The summed E-state index contributed by atoms with van der Waals surface area (Å²) in [6.45, 7) is 3.41. The predicted molar refractivity (Wildman–Crippen MR) is 109 cm³/mol. The number of hydrogen-bond acceptors (Lipinski definition) is 4. The van der Waals surface area contributed by atoms with E-state index in [0.29, 0.717) is 19.5 Å². The molecule has 1 amide bonds. The first-order valence-corrected chi connectivity index (χ1v) is 10.4. The Morgan fingerprint density at radius 1 is 1.00 bits per heavy atom. The summed E-state index contributed by atoms with van der Waals surface area (Å²) in [5.74, 6) is 1.12. The van der Waals surface area contributed by atoms with Crippen molar-refractivity contribution in [1.82, 2.24) is 4.90 Å². The summed E-state index contributed by atoms with van der Waals surface area (Å²) >= 11 is 3.38. The largest absolute Gasteiger partial charge is 0.496 e. The molecule has 26 heavy (non-hydrogen) atoms. The number of rotatable bonds is 8. The Labute approximate surface area is 162 Å². The fourth-order valence-electron chi connectivity index (χ4n) is 2.99. The van der Waals surface area contributed by atoms with Gasteiger partial charge in [0.25, 0.3) is 0 Å². The van der Waals surface area contributed by atoms with Crippen molar-refractivity contribution < 1.29 is 9.53 Å². The van der Waals surface area contributed by atoms with Crippen LogP contribution < -0.4 is 4.74 Å². The summed E-state index contributed by atoms with van der Waals surface area (Å²) in [5.41, 5.74) is 1.08. The van der Waals surface area contributed by atoms with Gasteiger partial charge in [-0.15, -0.1) is 22.7 Å². The van der Waals surface area contributed by atoms with Crippen LogP contribution in [0.1, 0.15) is 34.6 Å². The van der Waals surface area contributed by atoms with Crippen LogP contribution in [0.25, 0.3) is 0 Å². The maximum absolute atomic E-state index is 13.1. The lowest BCUT2D eigenvalue weighted by Crippen LogP contribution is -2.30. The van der Waals surface area contributed by atoms with Gasteiger partial charge in [0.2, 0.25) is 5.91 Å². The third kappa shape index (κ3) is 4.74. The quantitative estimate of drug-likeness (QED) is 0.509. The van der Waals surface area contributed by atoms with Gasteiger partial charge in [0.05, 0.1) is 20.2 Å². The van der Waals surface area contributed by atoms with Crippen LogP contribution in [0.2, 0.25) is 0 Å². The second-order valence-electron chi connectivity index (χ2n) is 6.26. The number of amides is 1. The van der Waals surface area contributed by atoms with Crippen molar-refractivity contribution in [1.29, 1.82) is 0 Å². The average molecular weight is 386 g/mol. The van der Waals surface area contributed by atoms with Gasteiger partial charge >= 0.3 is 0 Å². The van der Waals surface area contributed by atoms with Crippen molar-refractivity contribution in [2.45, 2.75) is 32.4 Å². The molecule has 2 heterocycles. The number of ether oxygens (including phenoxy) is 1. The molecule has 2 aromatic heterocycles. The third-order valence-corrected chi connectivity index (χ3v) is 6.08. The molecular formula is C21H23NO2S2. The molecule has 0 bridgehead atoms. The lowest BCUT2D eigenvalue weighted by molar-refractivity contribution is -0.132. The van der Waals surface area contributed by atoms with E-state index in [1.54, 1.807) is 29.8 Å².